The Bertz CT molecular complexity index is 624. The number of rotatable bonds is 7. The second-order valence-corrected chi connectivity index (χ2v) is 6.58. The van der Waals surface area contributed by atoms with Crippen LogP contribution in [0.3, 0.4) is 0 Å². The lowest BCUT2D eigenvalue weighted by atomic mass is 10.1. The summed E-state index contributed by atoms with van der Waals surface area (Å²) in [7, 11) is 0. The van der Waals surface area contributed by atoms with Crippen molar-refractivity contribution < 1.29 is 14.1 Å². The van der Waals surface area contributed by atoms with Gasteiger partial charge in [-0.2, -0.15) is 0 Å². The Kier molecular flexibility index (Phi) is 5.71. The van der Waals surface area contributed by atoms with Gasteiger partial charge in [-0.3, -0.25) is 4.79 Å². The molecule has 2 heterocycles. The highest BCUT2D eigenvalue weighted by atomic mass is 32.2. The molecule has 0 saturated carbocycles. The maximum absolute atomic E-state index is 12.0. The number of aromatic nitrogens is 1. The molecule has 0 bridgehead atoms. The van der Waals surface area contributed by atoms with Crippen LogP contribution in [0.5, 0.6) is 0 Å². The molecule has 6 heteroatoms. The fraction of sp³-hybridized carbons (Fsp3) is 0.412. The van der Waals surface area contributed by atoms with Crippen molar-refractivity contribution in [3.63, 3.8) is 0 Å². The zero-order chi connectivity index (χ0) is 15.9. The van der Waals surface area contributed by atoms with Crippen molar-refractivity contribution in [2.45, 2.75) is 17.9 Å². The van der Waals surface area contributed by atoms with E-state index in [-0.39, 0.29) is 5.91 Å². The first kappa shape index (κ1) is 16.1. The lowest BCUT2D eigenvalue weighted by Crippen LogP contribution is -2.29. The van der Waals surface area contributed by atoms with Gasteiger partial charge < -0.3 is 14.6 Å². The number of nitrogens with zero attached hydrogens (tertiary/aromatic N) is 1. The van der Waals surface area contributed by atoms with Crippen LogP contribution < -0.4 is 5.32 Å². The number of carbonyl (C=O) groups excluding carboxylic acids is 1. The second-order valence-electron chi connectivity index (χ2n) is 5.60. The molecule has 122 valence electrons. The molecule has 1 fully saturated rings. The molecule has 1 aromatic carbocycles. The Labute approximate surface area is 139 Å². The van der Waals surface area contributed by atoms with Crippen molar-refractivity contribution in [3.05, 3.63) is 53.4 Å². The Balaban J connectivity index is 1.42. The SMILES string of the molecule is O=C(NCC1CCOC1)c1cc(CSCc2ccccc2)on1. The van der Waals surface area contributed by atoms with E-state index in [4.69, 9.17) is 9.26 Å². The molecule has 5 nitrogen and oxygen atoms in total. The number of thioether (sulfide) groups is 1. The van der Waals surface area contributed by atoms with E-state index in [0.29, 0.717) is 23.9 Å². The molecule has 0 radical (unpaired) electrons. The van der Waals surface area contributed by atoms with E-state index >= 15 is 0 Å². The van der Waals surface area contributed by atoms with E-state index in [2.05, 4.69) is 22.6 Å². The molecule has 1 atom stereocenters. The van der Waals surface area contributed by atoms with Crippen molar-refractivity contribution in [1.29, 1.82) is 0 Å². The van der Waals surface area contributed by atoms with Gasteiger partial charge in [-0.05, 0) is 12.0 Å². The molecule has 3 rings (SSSR count). The number of nitrogens with one attached hydrogen (secondary N) is 1. The van der Waals surface area contributed by atoms with Gasteiger partial charge in [0, 0.05) is 30.9 Å². The molecule has 2 aromatic rings. The van der Waals surface area contributed by atoms with E-state index in [1.54, 1.807) is 17.8 Å². The summed E-state index contributed by atoms with van der Waals surface area (Å²) in [5, 5.41) is 6.74. The maximum atomic E-state index is 12.0. The normalized spacial score (nSPS) is 17.3. The lowest BCUT2D eigenvalue weighted by Gasteiger charge is -2.07. The third-order valence-corrected chi connectivity index (χ3v) is 4.75. The van der Waals surface area contributed by atoms with Gasteiger partial charge in [0.1, 0.15) is 5.76 Å². The summed E-state index contributed by atoms with van der Waals surface area (Å²) >= 11 is 1.74. The summed E-state index contributed by atoms with van der Waals surface area (Å²) in [5.41, 5.74) is 1.62. The molecule has 1 aliphatic rings. The van der Waals surface area contributed by atoms with Crippen LogP contribution in [0.4, 0.5) is 0 Å². The molecule has 0 spiro atoms. The third-order valence-electron chi connectivity index (χ3n) is 3.72. The van der Waals surface area contributed by atoms with Gasteiger partial charge in [0.2, 0.25) is 0 Å². The van der Waals surface area contributed by atoms with Crippen LogP contribution in [0.1, 0.15) is 28.2 Å². The van der Waals surface area contributed by atoms with Crippen LogP contribution in [-0.2, 0) is 16.2 Å². The zero-order valence-electron chi connectivity index (χ0n) is 12.9. The van der Waals surface area contributed by atoms with Crippen molar-refractivity contribution in [1.82, 2.24) is 10.5 Å². The van der Waals surface area contributed by atoms with Crippen molar-refractivity contribution in [2.75, 3.05) is 19.8 Å². The van der Waals surface area contributed by atoms with E-state index in [0.717, 1.165) is 31.1 Å². The smallest absolute Gasteiger partial charge is 0.273 e. The first-order valence-corrected chi connectivity index (χ1v) is 8.90. The average Bonchev–Trinajstić information content (AvgIpc) is 3.25. The Morgan fingerprint density at radius 2 is 2.17 bits per heavy atom. The summed E-state index contributed by atoms with van der Waals surface area (Å²) in [6, 6.07) is 12.0. The molecule has 1 N–H and O–H groups in total. The molecule has 1 amide bonds. The van der Waals surface area contributed by atoms with Gasteiger partial charge in [0.25, 0.3) is 5.91 Å². The highest BCUT2D eigenvalue weighted by Crippen LogP contribution is 2.18. The van der Waals surface area contributed by atoms with Gasteiger partial charge in [-0.15, -0.1) is 11.8 Å². The average molecular weight is 332 g/mol. The predicted molar refractivity (Wildman–Crippen MR) is 89.2 cm³/mol. The Morgan fingerprint density at radius 3 is 2.96 bits per heavy atom. The number of benzene rings is 1. The topological polar surface area (TPSA) is 64.4 Å². The summed E-state index contributed by atoms with van der Waals surface area (Å²) < 4.78 is 10.5. The number of amides is 1. The van der Waals surface area contributed by atoms with Crippen LogP contribution in [0.2, 0.25) is 0 Å². The van der Waals surface area contributed by atoms with E-state index < -0.39 is 0 Å². The molecule has 1 unspecified atom stereocenters. The predicted octanol–water partition coefficient (Wildman–Crippen LogP) is 2.87. The summed E-state index contributed by atoms with van der Waals surface area (Å²) in [6.07, 6.45) is 1.00. The van der Waals surface area contributed by atoms with E-state index in [1.165, 1.54) is 5.56 Å². The van der Waals surface area contributed by atoms with Gasteiger partial charge >= 0.3 is 0 Å². The zero-order valence-corrected chi connectivity index (χ0v) is 13.7. The fourth-order valence-corrected chi connectivity index (χ4v) is 3.27. The third kappa shape index (κ3) is 4.84. The molecule has 1 saturated heterocycles. The van der Waals surface area contributed by atoms with Gasteiger partial charge in [0.05, 0.1) is 12.4 Å². The Morgan fingerprint density at radius 1 is 1.30 bits per heavy atom. The van der Waals surface area contributed by atoms with Crippen molar-refractivity contribution in [2.24, 2.45) is 5.92 Å². The Hall–Kier alpha value is -1.79. The maximum Gasteiger partial charge on any atom is 0.273 e. The van der Waals surface area contributed by atoms with Crippen LogP contribution >= 0.6 is 11.8 Å². The van der Waals surface area contributed by atoms with Crippen LogP contribution in [-0.4, -0.2) is 30.8 Å². The standard InChI is InChI=1S/C17H20N2O3S/c20-17(18-9-14-6-7-21-10-14)16-8-15(22-19-16)12-23-11-13-4-2-1-3-5-13/h1-5,8,14H,6-7,9-12H2,(H,18,20). The van der Waals surface area contributed by atoms with Crippen LogP contribution in [0.25, 0.3) is 0 Å². The summed E-state index contributed by atoms with van der Waals surface area (Å²) in [6.45, 7) is 2.14. The van der Waals surface area contributed by atoms with Crippen LogP contribution in [0.15, 0.2) is 40.9 Å². The van der Waals surface area contributed by atoms with Gasteiger partial charge in [-0.25, -0.2) is 0 Å². The quantitative estimate of drug-likeness (QED) is 0.844. The highest BCUT2D eigenvalue weighted by molar-refractivity contribution is 7.97. The lowest BCUT2D eigenvalue weighted by molar-refractivity contribution is 0.0936. The number of hydrogen-bond acceptors (Lipinski definition) is 5. The fourth-order valence-electron chi connectivity index (χ4n) is 2.40. The molecule has 1 aromatic heterocycles. The van der Waals surface area contributed by atoms with E-state index in [9.17, 15) is 4.79 Å². The minimum absolute atomic E-state index is 0.181. The van der Waals surface area contributed by atoms with Crippen molar-refractivity contribution >= 4 is 17.7 Å². The number of carbonyl (C=O) groups is 1. The minimum atomic E-state index is -0.181. The molecular weight excluding hydrogens is 312 g/mol. The largest absolute Gasteiger partial charge is 0.381 e. The van der Waals surface area contributed by atoms with E-state index in [1.807, 2.05) is 18.2 Å². The number of hydrogen-bond donors (Lipinski definition) is 1. The van der Waals surface area contributed by atoms with Gasteiger partial charge in [-0.1, -0.05) is 35.5 Å². The molecule has 1 aliphatic heterocycles. The first-order valence-electron chi connectivity index (χ1n) is 7.74. The minimum Gasteiger partial charge on any atom is -0.381 e. The summed E-state index contributed by atoms with van der Waals surface area (Å²) in [4.78, 5) is 12.0. The van der Waals surface area contributed by atoms with Gasteiger partial charge in [0.15, 0.2) is 5.69 Å². The highest BCUT2D eigenvalue weighted by Gasteiger charge is 2.18. The van der Waals surface area contributed by atoms with Crippen LogP contribution in [0, 0.1) is 5.92 Å². The summed E-state index contributed by atoms with van der Waals surface area (Å²) in [5.74, 6) is 2.56. The molecular formula is C17H20N2O3S. The first-order chi connectivity index (χ1) is 11.3. The monoisotopic (exact) mass is 332 g/mol. The second kappa shape index (κ2) is 8.17. The number of ether oxygens (including phenoxy) is 1. The molecule has 0 aliphatic carbocycles. The molecule has 23 heavy (non-hydrogen) atoms. The van der Waals surface area contributed by atoms with Crippen molar-refractivity contribution in [3.8, 4) is 0 Å².